The lowest BCUT2D eigenvalue weighted by Crippen LogP contribution is -2.48. The lowest BCUT2D eigenvalue weighted by molar-refractivity contribution is -0.141. The first-order chi connectivity index (χ1) is 12.6. The predicted molar refractivity (Wildman–Crippen MR) is 99.6 cm³/mol. The van der Waals surface area contributed by atoms with Gasteiger partial charge in [0.15, 0.2) is 0 Å². The summed E-state index contributed by atoms with van der Waals surface area (Å²) in [6.07, 6.45) is 2.60. The molecule has 2 aromatic carbocycles. The van der Waals surface area contributed by atoms with E-state index < -0.39 is 23.4 Å². The highest BCUT2D eigenvalue weighted by Gasteiger charge is 2.36. The molecule has 3 rings (SSSR count). The number of aliphatic carboxylic acids is 2. The molecule has 0 bridgehead atoms. The Labute approximate surface area is 155 Å². The highest BCUT2D eigenvalue weighted by molar-refractivity contribution is 6.03. The third-order valence-electron chi connectivity index (χ3n) is 4.06. The van der Waals surface area contributed by atoms with Crippen molar-refractivity contribution in [3.05, 3.63) is 71.3 Å². The van der Waals surface area contributed by atoms with E-state index in [1.807, 2.05) is 30.3 Å². The molecule has 0 amide bonds. The van der Waals surface area contributed by atoms with Crippen LogP contribution in [-0.2, 0) is 9.59 Å². The van der Waals surface area contributed by atoms with Crippen molar-refractivity contribution in [1.82, 2.24) is 0 Å². The fourth-order valence-corrected chi connectivity index (χ4v) is 2.83. The van der Waals surface area contributed by atoms with Gasteiger partial charge in [-0.25, -0.2) is 14.4 Å². The molecule has 0 unspecified atom stereocenters. The second-order valence-corrected chi connectivity index (χ2v) is 6.22. The maximum Gasteiger partial charge on any atom is 0.336 e. The van der Waals surface area contributed by atoms with Gasteiger partial charge in [-0.1, -0.05) is 48.0 Å². The topological polar surface area (TPSA) is 138 Å². The molecule has 27 heavy (non-hydrogen) atoms. The van der Waals surface area contributed by atoms with E-state index in [1.54, 1.807) is 19.1 Å². The molecule has 0 aliphatic heterocycles. The number of nitrogens with two attached hydrogens (primary N) is 1. The second-order valence-electron chi connectivity index (χ2n) is 6.22. The minimum atomic E-state index is -1.59. The summed E-state index contributed by atoms with van der Waals surface area (Å²) in [5, 5.41) is 28.2. The number of benzene rings is 2. The SMILES string of the molecule is CC1=C[C@](N)(C(=O)O)CC(C(=O)O)=C1.O=C(O)c1cccc2ccccc12. The molecule has 7 heteroatoms. The number of carboxylic acid groups (broad SMARTS) is 3. The molecule has 0 radical (unpaired) electrons. The number of hydrogen-bond acceptors (Lipinski definition) is 4. The van der Waals surface area contributed by atoms with Crippen LogP contribution >= 0.6 is 0 Å². The van der Waals surface area contributed by atoms with E-state index in [0.29, 0.717) is 11.1 Å². The number of hydrogen-bond donors (Lipinski definition) is 4. The van der Waals surface area contributed by atoms with Gasteiger partial charge < -0.3 is 21.1 Å². The number of carbonyl (C=O) groups is 3. The molecule has 0 saturated carbocycles. The average Bonchev–Trinajstić information content (AvgIpc) is 2.60. The third kappa shape index (κ3) is 4.59. The van der Waals surface area contributed by atoms with E-state index in [4.69, 9.17) is 21.1 Å². The summed E-state index contributed by atoms with van der Waals surface area (Å²) in [5.74, 6) is -3.23. The Morgan fingerprint density at radius 2 is 1.59 bits per heavy atom. The van der Waals surface area contributed by atoms with Gasteiger partial charge in [-0.05, 0) is 29.8 Å². The zero-order valence-corrected chi connectivity index (χ0v) is 14.5. The summed E-state index contributed by atoms with van der Waals surface area (Å²) in [6.45, 7) is 1.62. The quantitative estimate of drug-likeness (QED) is 0.652. The lowest BCUT2D eigenvalue weighted by Gasteiger charge is -2.25. The zero-order chi connectivity index (χ0) is 20.2. The molecule has 1 atom stereocenters. The molecule has 140 valence electrons. The fraction of sp³-hybridized carbons (Fsp3) is 0.150. The van der Waals surface area contributed by atoms with Crippen LogP contribution in [0.1, 0.15) is 23.7 Å². The van der Waals surface area contributed by atoms with E-state index >= 15 is 0 Å². The normalized spacial score (nSPS) is 18.6. The van der Waals surface area contributed by atoms with E-state index in [9.17, 15) is 14.4 Å². The van der Waals surface area contributed by atoms with Crippen molar-refractivity contribution in [2.75, 3.05) is 0 Å². The number of rotatable bonds is 3. The summed E-state index contributed by atoms with van der Waals surface area (Å²) in [6, 6.07) is 12.7. The first-order valence-corrected chi connectivity index (χ1v) is 8.01. The highest BCUT2D eigenvalue weighted by Crippen LogP contribution is 2.25. The van der Waals surface area contributed by atoms with Crippen LogP contribution in [0.15, 0.2) is 65.8 Å². The van der Waals surface area contributed by atoms with E-state index in [1.165, 1.54) is 12.2 Å². The van der Waals surface area contributed by atoms with Crippen molar-refractivity contribution in [2.45, 2.75) is 18.9 Å². The van der Waals surface area contributed by atoms with Crippen molar-refractivity contribution >= 4 is 28.7 Å². The van der Waals surface area contributed by atoms with Gasteiger partial charge in [-0.15, -0.1) is 0 Å². The van der Waals surface area contributed by atoms with Crippen LogP contribution in [-0.4, -0.2) is 38.8 Å². The molecule has 0 heterocycles. The third-order valence-corrected chi connectivity index (χ3v) is 4.06. The Hall–Kier alpha value is -3.45. The smallest absolute Gasteiger partial charge is 0.336 e. The second kappa shape index (κ2) is 7.84. The first-order valence-electron chi connectivity index (χ1n) is 8.01. The summed E-state index contributed by atoms with van der Waals surface area (Å²) < 4.78 is 0. The molecule has 0 saturated heterocycles. The van der Waals surface area contributed by atoms with Crippen LogP contribution in [0.5, 0.6) is 0 Å². The van der Waals surface area contributed by atoms with Crippen LogP contribution in [0, 0.1) is 0 Å². The van der Waals surface area contributed by atoms with Crippen molar-refractivity contribution in [3.8, 4) is 0 Å². The van der Waals surface area contributed by atoms with Crippen LogP contribution in [0.2, 0.25) is 0 Å². The standard InChI is InChI=1S/C11H8O2.C9H11NO4/c12-11(13)10-7-3-5-8-4-1-2-6-9(8)10;1-5-2-6(7(11)12)4-9(10,3-5)8(13)14/h1-7H,(H,12,13);2-3H,4,10H2,1H3,(H,11,12)(H,13,14)/t;9-/m.1/s1. The van der Waals surface area contributed by atoms with Gasteiger partial charge in [0.05, 0.1) is 5.56 Å². The van der Waals surface area contributed by atoms with E-state index in [-0.39, 0.29) is 12.0 Å². The minimum Gasteiger partial charge on any atom is -0.480 e. The van der Waals surface area contributed by atoms with Gasteiger partial charge >= 0.3 is 17.9 Å². The maximum absolute atomic E-state index is 10.8. The van der Waals surface area contributed by atoms with Gasteiger partial charge in [0.2, 0.25) is 0 Å². The molecule has 1 aliphatic carbocycles. The molecule has 0 fully saturated rings. The monoisotopic (exact) mass is 369 g/mol. The minimum absolute atomic E-state index is 0.0231. The summed E-state index contributed by atoms with van der Waals surface area (Å²) in [5.41, 5.74) is 4.89. The van der Waals surface area contributed by atoms with Crippen molar-refractivity contribution in [3.63, 3.8) is 0 Å². The maximum atomic E-state index is 10.8. The molecule has 1 aliphatic rings. The van der Waals surface area contributed by atoms with Crippen LogP contribution < -0.4 is 5.73 Å². The predicted octanol–water partition coefficient (Wildman–Crippen LogP) is 2.67. The molecular weight excluding hydrogens is 350 g/mol. The summed E-state index contributed by atoms with van der Waals surface area (Å²) >= 11 is 0. The van der Waals surface area contributed by atoms with Crippen LogP contribution in [0.25, 0.3) is 10.8 Å². The molecule has 5 N–H and O–H groups in total. The number of carboxylic acids is 3. The van der Waals surface area contributed by atoms with E-state index in [2.05, 4.69) is 0 Å². The first kappa shape index (κ1) is 19.9. The number of aromatic carboxylic acids is 1. The van der Waals surface area contributed by atoms with Crippen molar-refractivity contribution in [1.29, 1.82) is 0 Å². The largest absolute Gasteiger partial charge is 0.480 e. The highest BCUT2D eigenvalue weighted by atomic mass is 16.4. The van der Waals surface area contributed by atoms with Crippen LogP contribution in [0.3, 0.4) is 0 Å². The van der Waals surface area contributed by atoms with Crippen molar-refractivity contribution in [2.24, 2.45) is 5.73 Å². The number of fused-ring (bicyclic) bond motifs is 1. The molecule has 0 aromatic heterocycles. The van der Waals surface area contributed by atoms with Gasteiger partial charge in [-0.2, -0.15) is 0 Å². The molecule has 2 aromatic rings. The summed E-state index contributed by atoms with van der Waals surface area (Å²) in [7, 11) is 0. The molecule has 7 nitrogen and oxygen atoms in total. The van der Waals surface area contributed by atoms with Gasteiger partial charge in [0.25, 0.3) is 0 Å². The summed E-state index contributed by atoms with van der Waals surface area (Å²) in [4.78, 5) is 32.3. The Bertz CT molecular complexity index is 970. The Morgan fingerprint density at radius 1 is 0.963 bits per heavy atom. The van der Waals surface area contributed by atoms with E-state index in [0.717, 1.165) is 10.8 Å². The zero-order valence-electron chi connectivity index (χ0n) is 14.5. The van der Waals surface area contributed by atoms with Crippen molar-refractivity contribution < 1.29 is 29.7 Å². The van der Waals surface area contributed by atoms with Gasteiger partial charge in [-0.3, -0.25) is 0 Å². The Kier molecular flexibility index (Phi) is 5.77. The molecular formula is C20H19NO6. The molecule has 0 spiro atoms. The lowest BCUT2D eigenvalue weighted by atomic mass is 9.85. The Morgan fingerprint density at radius 3 is 2.19 bits per heavy atom. The Balaban J connectivity index is 0.000000194. The van der Waals surface area contributed by atoms with Gasteiger partial charge in [0, 0.05) is 12.0 Å². The fourth-order valence-electron chi connectivity index (χ4n) is 2.83. The number of allylic oxidation sites excluding steroid dienone is 2. The van der Waals surface area contributed by atoms with Crippen LogP contribution in [0.4, 0.5) is 0 Å². The average molecular weight is 369 g/mol. The van der Waals surface area contributed by atoms with Gasteiger partial charge in [0.1, 0.15) is 5.54 Å².